The van der Waals surface area contributed by atoms with Crippen LogP contribution in [-0.4, -0.2) is 58.6 Å². The monoisotopic (exact) mass is 383 g/mol. The fraction of sp³-hybridized carbons (Fsp3) is 0.381. The highest BCUT2D eigenvalue weighted by Gasteiger charge is 2.26. The molecule has 0 unspecified atom stereocenters. The van der Waals surface area contributed by atoms with Gasteiger partial charge in [-0.05, 0) is 44.4 Å². The quantitative estimate of drug-likeness (QED) is 0.808. The first kappa shape index (κ1) is 19.7. The Labute approximate surface area is 163 Å². The van der Waals surface area contributed by atoms with E-state index in [9.17, 15) is 14.4 Å². The van der Waals surface area contributed by atoms with Gasteiger partial charge in [0.2, 0.25) is 5.91 Å². The lowest BCUT2D eigenvalue weighted by Gasteiger charge is -2.35. The molecule has 1 aromatic carbocycles. The third-order valence-electron chi connectivity index (χ3n) is 4.43. The van der Waals surface area contributed by atoms with Gasteiger partial charge in [-0.25, -0.2) is 4.79 Å². The Morgan fingerprint density at radius 1 is 1.07 bits per heavy atom. The minimum atomic E-state index is -0.542. The number of aromatic nitrogens is 1. The van der Waals surface area contributed by atoms with Crippen molar-refractivity contribution in [3.63, 3.8) is 0 Å². The fourth-order valence-corrected chi connectivity index (χ4v) is 2.99. The molecule has 2 heterocycles. The molecular formula is C21H25N3O4. The van der Waals surface area contributed by atoms with Gasteiger partial charge >= 0.3 is 6.09 Å². The first-order valence-corrected chi connectivity index (χ1v) is 9.30. The Hall–Kier alpha value is -3.09. The van der Waals surface area contributed by atoms with Gasteiger partial charge < -0.3 is 19.5 Å². The number of fused-ring (bicyclic) bond motifs is 1. The molecule has 7 heteroatoms. The maximum absolute atomic E-state index is 12.4. The summed E-state index contributed by atoms with van der Waals surface area (Å²) in [5, 5.41) is 0.903. The predicted molar refractivity (Wildman–Crippen MR) is 108 cm³/mol. The molecule has 0 spiro atoms. The van der Waals surface area contributed by atoms with Gasteiger partial charge in [-0.2, -0.15) is 0 Å². The number of carbonyl (C=O) groups is 2. The summed E-state index contributed by atoms with van der Waals surface area (Å²) in [6.45, 7) is 7.17. The van der Waals surface area contributed by atoms with Crippen LogP contribution in [0.3, 0.4) is 0 Å². The number of hydrogen-bond acceptors (Lipinski definition) is 4. The first-order valence-electron chi connectivity index (χ1n) is 9.30. The largest absolute Gasteiger partial charge is 0.444 e. The van der Waals surface area contributed by atoms with Gasteiger partial charge in [0, 0.05) is 43.3 Å². The molecule has 7 nitrogen and oxygen atoms in total. The van der Waals surface area contributed by atoms with Gasteiger partial charge in [0.15, 0.2) is 0 Å². The normalized spacial score (nSPS) is 15.2. The summed E-state index contributed by atoms with van der Waals surface area (Å²) in [5.41, 5.74) is 0.408. The summed E-state index contributed by atoms with van der Waals surface area (Å²) in [6.07, 6.45) is 2.58. The molecule has 1 fully saturated rings. The van der Waals surface area contributed by atoms with Crippen molar-refractivity contribution in [2.45, 2.75) is 26.4 Å². The number of nitrogens with zero attached hydrogens (tertiary/aromatic N) is 2. The number of hydrogen-bond donors (Lipinski definition) is 1. The smallest absolute Gasteiger partial charge is 0.410 e. The number of benzene rings is 1. The SMILES string of the molecule is CC(C)(C)OC(=O)N1CCN(C(=O)/C=C/c2cc3ccccc3[nH]c2=O)CC1. The fourth-order valence-electron chi connectivity index (χ4n) is 2.99. The highest BCUT2D eigenvalue weighted by atomic mass is 16.6. The number of rotatable bonds is 2. The highest BCUT2D eigenvalue weighted by molar-refractivity contribution is 5.92. The van der Waals surface area contributed by atoms with Crippen molar-refractivity contribution < 1.29 is 14.3 Å². The first-order chi connectivity index (χ1) is 13.2. The van der Waals surface area contributed by atoms with E-state index < -0.39 is 5.60 Å². The number of piperazine rings is 1. The van der Waals surface area contributed by atoms with E-state index >= 15 is 0 Å². The zero-order valence-corrected chi connectivity index (χ0v) is 16.4. The number of amides is 2. The van der Waals surface area contributed by atoms with Crippen molar-refractivity contribution in [3.8, 4) is 0 Å². The summed E-state index contributed by atoms with van der Waals surface area (Å²) in [6, 6.07) is 9.25. The van der Waals surface area contributed by atoms with Crippen LogP contribution in [0.15, 0.2) is 41.2 Å². The van der Waals surface area contributed by atoms with Crippen LogP contribution in [0.4, 0.5) is 4.79 Å². The van der Waals surface area contributed by atoms with Crippen molar-refractivity contribution in [1.82, 2.24) is 14.8 Å². The number of H-pyrrole nitrogens is 1. The number of nitrogens with one attached hydrogen (secondary N) is 1. The Kier molecular flexibility index (Phi) is 5.53. The van der Waals surface area contributed by atoms with Crippen LogP contribution in [0.1, 0.15) is 26.3 Å². The van der Waals surface area contributed by atoms with Crippen LogP contribution in [-0.2, 0) is 9.53 Å². The van der Waals surface area contributed by atoms with Crippen LogP contribution in [0.2, 0.25) is 0 Å². The Bertz CT molecular complexity index is 964. The highest BCUT2D eigenvalue weighted by Crippen LogP contribution is 2.13. The molecule has 28 heavy (non-hydrogen) atoms. The Morgan fingerprint density at radius 2 is 1.71 bits per heavy atom. The molecular weight excluding hydrogens is 358 g/mol. The van der Waals surface area contributed by atoms with Crippen molar-refractivity contribution >= 4 is 29.0 Å². The van der Waals surface area contributed by atoms with Gasteiger partial charge in [0.05, 0.1) is 0 Å². The maximum Gasteiger partial charge on any atom is 0.410 e. The molecule has 148 valence electrons. The number of pyridine rings is 1. The lowest BCUT2D eigenvalue weighted by atomic mass is 10.1. The summed E-state index contributed by atoms with van der Waals surface area (Å²) in [4.78, 5) is 42.8. The molecule has 1 aliphatic heterocycles. The van der Waals surface area contributed by atoms with E-state index in [0.717, 1.165) is 10.9 Å². The third kappa shape index (κ3) is 4.79. The predicted octanol–water partition coefficient (Wildman–Crippen LogP) is 2.62. The molecule has 0 atom stereocenters. The molecule has 1 N–H and O–H groups in total. The molecule has 1 aromatic heterocycles. The molecule has 2 amide bonds. The van der Waals surface area contributed by atoms with Gasteiger partial charge in [-0.1, -0.05) is 18.2 Å². The Balaban J connectivity index is 1.61. The third-order valence-corrected chi connectivity index (χ3v) is 4.43. The molecule has 1 saturated heterocycles. The van der Waals surface area contributed by atoms with E-state index in [0.29, 0.717) is 31.7 Å². The second-order valence-corrected chi connectivity index (χ2v) is 7.77. The number of para-hydroxylation sites is 1. The van der Waals surface area contributed by atoms with Crippen molar-refractivity contribution in [3.05, 3.63) is 52.3 Å². The molecule has 2 aromatic rings. The number of carbonyl (C=O) groups excluding carboxylic acids is 2. The number of aromatic amines is 1. The summed E-state index contributed by atoms with van der Waals surface area (Å²) in [5.74, 6) is -0.184. The molecule has 0 aliphatic carbocycles. The lowest BCUT2D eigenvalue weighted by Crippen LogP contribution is -2.51. The summed E-state index contributed by atoms with van der Waals surface area (Å²) < 4.78 is 5.36. The van der Waals surface area contributed by atoms with Gasteiger partial charge in [0.25, 0.3) is 5.56 Å². The lowest BCUT2D eigenvalue weighted by molar-refractivity contribution is -0.127. The summed E-state index contributed by atoms with van der Waals surface area (Å²) >= 11 is 0. The summed E-state index contributed by atoms with van der Waals surface area (Å²) in [7, 11) is 0. The van der Waals surface area contributed by atoms with Gasteiger partial charge in [0.1, 0.15) is 5.60 Å². The van der Waals surface area contributed by atoms with Crippen LogP contribution in [0, 0.1) is 0 Å². The molecule has 0 bridgehead atoms. The second-order valence-electron chi connectivity index (χ2n) is 7.77. The van der Waals surface area contributed by atoms with Crippen LogP contribution in [0.5, 0.6) is 0 Å². The van der Waals surface area contributed by atoms with Crippen LogP contribution < -0.4 is 5.56 Å². The number of ether oxygens (including phenoxy) is 1. The standard InChI is InChI=1S/C21H25N3O4/c1-21(2,3)28-20(27)24-12-10-23(11-13-24)18(25)9-8-16-14-15-6-4-5-7-17(15)22-19(16)26/h4-9,14H,10-13H2,1-3H3,(H,22,26)/b9-8+. The Morgan fingerprint density at radius 3 is 2.39 bits per heavy atom. The second kappa shape index (κ2) is 7.88. The van der Waals surface area contributed by atoms with Crippen molar-refractivity contribution in [1.29, 1.82) is 0 Å². The topological polar surface area (TPSA) is 82.7 Å². The minimum Gasteiger partial charge on any atom is -0.444 e. The minimum absolute atomic E-state index is 0.184. The van der Waals surface area contributed by atoms with E-state index in [2.05, 4.69) is 4.98 Å². The zero-order chi connectivity index (χ0) is 20.3. The van der Waals surface area contributed by atoms with E-state index in [1.54, 1.807) is 15.9 Å². The molecule has 1 aliphatic rings. The van der Waals surface area contributed by atoms with Crippen molar-refractivity contribution in [2.75, 3.05) is 26.2 Å². The van der Waals surface area contributed by atoms with Crippen molar-refractivity contribution in [2.24, 2.45) is 0 Å². The van der Waals surface area contributed by atoms with E-state index in [1.165, 1.54) is 12.2 Å². The molecule has 3 rings (SSSR count). The van der Waals surface area contributed by atoms with E-state index in [-0.39, 0.29) is 17.6 Å². The molecule has 0 saturated carbocycles. The van der Waals surface area contributed by atoms with Gasteiger partial charge in [-0.15, -0.1) is 0 Å². The van der Waals surface area contributed by atoms with Gasteiger partial charge in [-0.3, -0.25) is 9.59 Å². The zero-order valence-electron chi connectivity index (χ0n) is 16.4. The van der Waals surface area contributed by atoms with Crippen LogP contribution >= 0.6 is 0 Å². The van der Waals surface area contributed by atoms with E-state index in [1.807, 2.05) is 45.0 Å². The van der Waals surface area contributed by atoms with Crippen LogP contribution in [0.25, 0.3) is 17.0 Å². The van der Waals surface area contributed by atoms with E-state index in [4.69, 9.17) is 4.74 Å². The average molecular weight is 383 g/mol. The molecule has 0 radical (unpaired) electrons. The average Bonchev–Trinajstić information content (AvgIpc) is 2.65. The maximum atomic E-state index is 12.4.